The molecule has 0 heterocycles. The molecule has 0 fully saturated rings. The zero-order valence-electron chi connectivity index (χ0n) is 7.56. The van der Waals surface area contributed by atoms with Gasteiger partial charge in [-0.25, -0.2) is 0 Å². The van der Waals surface area contributed by atoms with E-state index in [2.05, 4.69) is 0 Å². The molecule has 0 saturated heterocycles. The van der Waals surface area contributed by atoms with E-state index in [9.17, 15) is 4.79 Å². The first-order valence-corrected chi connectivity index (χ1v) is 5.28. The van der Waals surface area contributed by atoms with E-state index in [-0.39, 0.29) is 5.78 Å². The third-order valence-electron chi connectivity index (χ3n) is 1.85. The Morgan fingerprint density at radius 1 is 1.43 bits per heavy atom. The number of carbonyl (C=O) groups is 1. The lowest BCUT2D eigenvalue weighted by Crippen LogP contribution is -2.13. The molecule has 0 aliphatic carbocycles. The van der Waals surface area contributed by atoms with Crippen molar-refractivity contribution in [3.8, 4) is 0 Å². The first-order valence-electron chi connectivity index (χ1n) is 4.09. The van der Waals surface area contributed by atoms with E-state index >= 15 is 0 Å². The van der Waals surface area contributed by atoms with Gasteiger partial charge < -0.3 is 0 Å². The molecule has 0 aromatic heterocycles. The Morgan fingerprint density at radius 3 is 2.64 bits per heavy atom. The number of halogens is 3. The molecule has 1 unspecified atom stereocenters. The molecule has 1 nitrogen and oxygen atoms in total. The van der Waals surface area contributed by atoms with Crippen LogP contribution in [0.2, 0.25) is 10.0 Å². The van der Waals surface area contributed by atoms with Crippen LogP contribution in [0.15, 0.2) is 18.2 Å². The number of Topliss-reactive ketones (excluding diaryl/α,β-unsaturated/α-hetero) is 1. The zero-order chi connectivity index (χ0) is 10.7. The Hall–Kier alpha value is -0.240. The maximum Gasteiger partial charge on any atom is 0.147 e. The van der Waals surface area contributed by atoms with Crippen LogP contribution in [0.3, 0.4) is 0 Å². The second-order valence-corrected chi connectivity index (χ2v) is 4.39. The molecule has 0 amide bonds. The third kappa shape index (κ3) is 3.16. The van der Waals surface area contributed by atoms with Gasteiger partial charge in [-0.2, -0.15) is 0 Å². The van der Waals surface area contributed by atoms with Crippen molar-refractivity contribution in [2.24, 2.45) is 0 Å². The normalized spacial score (nSPS) is 12.6. The van der Waals surface area contributed by atoms with E-state index in [0.717, 1.165) is 5.56 Å². The molecule has 1 atom stereocenters. The minimum Gasteiger partial charge on any atom is -0.298 e. The fourth-order valence-electron chi connectivity index (χ4n) is 1.04. The predicted octanol–water partition coefficient (Wildman–Crippen LogP) is 3.73. The van der Waals surface area contributed by atoms with Crippen molar-refractivity contribution in [3.05, 3.63) is 33.8 Å². The van der Waals surface area contributed by atoms with E-state index in [0.29, 0.717) is 16.5 Å². The topological polar surface area (TPSA) is 17.1 Å². The molecule has 1 aromatic rings. The van der Waals surface area contributed by atoms with Crippen LogP contribution in [-0.2, 0) is 11.2 Å². The summed E-state index contributed by atoms with van der Waals surface area (Å²) in [5.74, 6) is -0.0669. The fraction of sp³-hybridized carbons (Fsp3) is 0.300. The van der Waals surface area contributed by atoms with Gasteiger partial charge >= 0.3 is 0 Å². The van der Waals surface area contributed by atoms with Crippen LogP contribution < -0.4 is 0 Å². The minimum absolute atomic E-state index is 0.0669. The van der Waals surface area contributed by atoms with Gasteiger partial charge in [-0.15, -0.1) is 11.6 Å². The van der Waals surface area contributed by atoms with Crippen molar-refractivity contribution in [2.45, 2.75) is 18.7 Å². The van der Waals surface area contributed by atoms with Crippen LogP contribution in [0.5, 0.6) is 0 Å². The Morgan fingerprint density at radius 2 is 2.07 bits per heavy atom. The average molecular weight is 252 g/mol. The molecule has 76 valence electrons. The second kappa shape index (κ2) is 5.01. The summed E-state index contributed by atoms with van der Waals surface area (Å²) in [4.78, 5) is 10.9. The van der Waals surface area contributed by atoms with Crippen LogP contribution in [-0.4, -0.2) is 11.2 Å². The van der Waals surface area contributed by atoms with Crippen molar-refractivity contribution in [2.75, 3.05) is 0 Å². The molecule has 14 heavy (non-hydrogen) atoms. The molecule has 4 heteroatoms. The number of alkyl halides is 1. The molecular formula is C10H9Cl3O. The van der Waals surface area contributed by atoms with Gasteiger partial charge in [0.15, 0.2) is 0 Å². The average Bonchev–Trinajstić information content (AvgIpc) is 2.11. The Bertz CT molecular complexity index is 349. The highest BCUT2D eigenvalue weighted by atomic mass is 35.5. The molecule has 0 saturated carbocycles. The van der Waals surface area contributed by atoms with Gasteiger partial charge in [0.05, 0.1) is 5.38 Å². The summed E-state index contributed by atoms with van der Waals surface area (Å²) >= 11 is 17.5. The summed E-state index contributed by atoms with van der Waals surface area (Å²) in [6, 6.07) is 5.12. The van der Waals surface area contributed by atoms with Crippen LogP contribution in [0.4, 0.5) is 0 Å². The Balaban J connectivity index is 2.85. The lowest BCUT2D eigenvalue weighted by Gasteiger charge is -2.07. The largest absolute Gasteiger partial charge is 0.298 e. The van der Waals surface area contributed by atoms with Crippen LogP contribution in [0.25, 0.3) is 0 Å². The maximum absolute atomic E-state index is 10.9. The van der Waals surface area contributed by atoms with Gasteiger partial charge in [0.1, 0.15) is 5.78 Å². The number of hydrogen-bond acceptors (Lipinski definition) is 1. The molecule has 0 radical (unpaired) electrons. The highest BCUT2D eigenvalue weighted by Gasteiger charge is 2.13. The van der Waals surface area contributed by atoms with Gasteiger partial charge in [0.2, 0.25) is 0 Å². The second-order valence-electron chi connectivity index (χ2n) is 3.02. The molecule has 0 bridgehead atoms. The first-order chi connectivity index (χ1) is 6.50. The summed E-state index contributed by atoms with van der Waals surface area (Å²) < 4.78 is 0. The molecular weight excluding hydrogens is 242 g/mol. The van der Waals surface area contributed by atoms with Gasteiger partial charge in [-0.3, -0.25) is 4.79 Å². The highest BCUT2D eigenvalue weighted by molar-refractivity contribution is 6.34. The molecule has 1 rings (SSSR count). The molecule has 1 aromatic carbocycles. The van der Waals surface area contributed by atoms with E-state index < -0.39 is 5.38 Å². The van der Waals surface area contributed by atoms with Gasteiger partial charge in [-0.1, -0.05) is 23.2 Å². The Kier molecular flexibility index (Phi) is 4.24. The lowest BCUT2D eigenvalue weighted by atomic mass is 10.1. The van der Waals surface area contributed by atoms with Crippen molar-refractivity contribution in [3.63, 3.8) is 0 Å². The summed E-state index contributed by atoms with van der Waals surface area (Å²) in [5.41, 5.74) is 0.800. The number of benzene rings is 1. The van der Waals surface area contributed by atoms with Crippen LogP contribution in [0, 0.1) is 0 Å². The van der Waals surface area contributed by atoms with Crippen molar-refractivity contribution < 1.29 is 4.79 Å². The summed E-state index contributed by atoms with van der Waals surface area (Å²) in [7, 11) is 0. The van der Waals surface area contributed by atoms with Crippen LogP contribution >= 0.6 is 34.8 Å². The summed E-state index contributed by atoms with van der Waals surface area (Å²) in [6.45, 7) is 1.45. The van der Waals surface area contributed by atoms with Crippen LogP contribution in [0.1, 0.15) is 12.5 Å². The van der Waals surface area contributed by atoms with Gasteiger partial charge in [0.25, 0.3) is 0 Å². The van der Waals surface area contributed by atoms with E-state index in [4.69, 9.17) is 34.8 Å². The minimum atomic E-state index is -0.536. The number of hydrogen-bond donors (Lipinski definition) is 0. The lowest BCUT2D eigenvalue weighted by molar-refractivity contribution is -0.116. The number of carbonyl (C=O) groups excluding carboxylic acids is 1. The van der Waals surface area contributed by atoms with Crippen molar-refractivity contribution in [1.82, 2.24) is 0 Å². The van der Waals surface area contributed by atoms with Gasteiger partial charge in [-0.05, 0) is 37.1 Å². The standard InChI is InChI=1S/C10H9Cl3O/c1-6(14)10(13)5-7-4-8(11)2-3-9(7)12/h2-4,10H,5H2,1H3. The number of rotatable bonds is 3. The maximum atomic E-state index is 10.9. The van der Waals surface area contributed by atoms with E-state index in [1.54, 1.807) is 18.2 Å². The smallest absolute Gasteiger partial charge is 0.147 e. The quantitative estimate of drug-likeness (QED) is 0.748. The molecule has 0 aliphatic heterocycles. The summed E-state index contributed by atoms with van der Waals surface area (Å²) in [5, 5.41) is 0.643. The van der Waals surface area contributed by atoms with Crippen molar-refractivity contribution in [1.29, 1.82) is 0 Å². The zero-order valence-corrected chi connectivity index (χ0v) is 9.83. The van der Waals surface area contributed by atoms with Crippen molar-refractivity contribution >= 4 is 40.6 Å². The monoisotopic (exact) mass is 250 g/mol. The SMILES string of the molecule is CC(=O)C(Cl)Cc1cc(Cl)ccc1Cl. The first kappa shape index (κ1) is 11.8. The van der Waals surface area contributed by atoms with Gasteiger partial charge in [0, 0.05) is 10.0 Å². The summed E-state index contributed by atoms with van der Waals surface area (Å²) in [6.07, 6.45) is 0.413. The molecule has 0 N–H and O–H groups in total. The molecule has 0 aliphatic rings. The molecule has 0 spiro atoms. The van der Waals surface area contributed by atoms with E-state index in [1.807, 2.05) is 0 Å². The predicted molar refractivity (Wildman–Crippen MR) is 60.5 cm³/mol. The number of ketones is 1. The van der Waals surface area contributed by atoms with E-state index in [1.165, 1.54) is 6.92 Å². The fourth-order valence-corrected chi connectivity index (χ4v) is 1.59. The Labute approximate surface area is 98.0 Å². The third-order valence-corrected chi connectivity index (χ3v) is 2.91. The highest BCUT2D eigenvalue weighted by Crippen LogP contribution is 2.23.